The summed E-state index contributed by atoms with van der Waals surface area (Å²) in [6, 6.07) is 6.12. The van der Waals surface area contributed by atoms with E-state index in [0.717, 1.165) is 30.2 Å². The quantitative estimate of drug-likeness (QED) is 0.886. The maximum absolute atomic E-state index is 5.98. The molecule has 1 atom stereocenters. The monoisotopic (exact) mass is 251 g/mol. The van der Waals surface area contributed by atoms with Crippen LogP contribution in [0.3, 0.4) is 0 Å². The second kappa shape index (κ2) is 5.56. The number of aryl methyl sites for hydroxylation is 1. The molecule has 0 aliphatic carbocycles. The van der Waals surface area contributed by atoms with Crippen LogP contribution >= 0.6 is 11.6 Å². The number of likely N-dealkylation sites (N-methyl/N-ethyl adjacent to an activating group) is 1. The van der Waals surface area contributed by atoms with Crippen molar-refractivity contribution in [2.24, 2.45) is 0 Å². The number of hydrogen-bond acceptors (Lipinski definition) is 2. The van der Waals surface area contributed by atoms with Crippen LogP contribution in [0, 0.1) is 6.92 Å². The van der Waals surface area contributed by atoms with E-state index >= 15 is 0 Å². The summed E-state index contributed by atoms with van der Waals surface area (Å²) in [6.45, 7) is 2.89. The lowest BCUT2D eigenvalue weighted by Gasteiger charge is -2.25. The normalized spacial score (nSPS) is 17.2. The summed E-state index contributed by atoms with van der Waals surface area (Å²) in [5, 5.41) is 4.09. The van der Waals surface area contributed by atoms with Crippen molar-refractivity contribution in [3.05, 3.63) is 46.2 Å². The smallest absolute Gasteiger partial charge is 0.113 e. The number of allylic oxidation sites excluding steroid dienone is 1. The van der Waals surface area contributed by atoms with Crippen molar-refractivity contribution in [2.45, 2.75) is 25.8 Å². The Morgan fingerprint density at radius 2 is 2.24 bits per heavy atom. The second-order valence-corrected chi connectivity index (χ2v) is 4.76. The highest BCUT2D eigenvalue weighted by Gasteiger charge is 2.19. The van der Waals surface area contributed by atoms with Gasteiger partial charge < -0.3 is 10.1 Å². The first-order valence-corrected chi connectivity index (χ1v) is 6.36. The second-order valence-electron chi connectivity index (χ2n) is 4.32. The van der Waals surface area contributed by atoms with Gasteiger partial charge in [0.15, 0.2) is 0 Å². The van der Waals surface area contributed by atoms with Gasteiger partial charge in [0.05, 0.1) is 12.6 Å². The summed E-state index contributed by atoms with van der Waals surface area (Å²) < 4.78 is 5.74. The van der Waals surface area contributed by atoms with Gasteiger partial charge >= 0.3 is 0 Å². The Bertz CT molecular complexity index is 428. The average molecular weight is 252 g/mol. The van der Waals surface area contributed by atoms with Gasteiger partial charge in [0, 0.05) is 5.02 Å². The lowest BCUT2D eigenvalue weighted by molar-refractivity contribution is 0.169. The van der Waals surface area contributed by atoms with E-state index in [1.54, 1.807) is 0 Å². The fraction of sp³-hybridized carbons (Fsp3) is 0.429. The van der Waals surface area contributed by atoms with E-state index in [1.165, 1.54) is 11.1 Å². The summed E-state index contributed by atoms with van der Waals surface area (Å²) >= 11 is 5.98. The summed E-state index contributed by atoms with van der Waals surface area (Å²) in [4.78, 5) is 0. The molecule has 0 fully saturated rings. The van der Waals surface area contributed by atoms with E-state index < -0.39 is 0 Å². The van der Waals surface area contributed by atoms with E-state index in [0.29, 0.717) is 0 Å². The fourth-order valence-corrected chi connectivity index (χ4v) is 2.42. The zero-order chi connectivity index (χ0) is 12.3. The molecule has 1 N–H and O–H groups in total. The number of hydrogen-bond donors (Lipinski definition) is 1. The van der Waals surface area contributed by atoms with Crippen molar-refractivity contribution in [1.82, 2.24) is 5.32 Å². The highest BCUT2D eigenvalue weighted by molar-refractivity contribution is 6.30. The van der Waals surface area contributed by atoms with Crippen LogP contribution in [0.5, 0.6) is 0 Å². The van der Waals surface area contributed by atoms with Gasteiger partial charge in [-0.2, -0.15) is 0 Å². The Kier molecular flexibility index (Phi) is 4.08. The summed E-state index contributed by atoms with van der Waals surface area (Å²) in [7, 11) is 1.96. The molecule has 1 aliphatic heterocycles. The third-order valence-corrected chi connectivity index (χ3v) is 3.31. The van der Waals surface area contributed by atoms with E-state index in [-0.39, 0.29) is 6.04 Å². The van der Waals surface area contributed by atoms with Gasteiger partial charge in [0.25, 0.3) is 0 Å². The first-order valence-electron chi connectivity index (χ1n) is 5.98. The molecular formula is C14H18ClNO. The van der Waals surface area contributed by atoms with Crippen molar-refractivity contribution in [3.63, 3.8) is 0 Å². The average Bonchev–Trinajstić information content (AvgIpc) is 2.34. The van der Waals surface area contributed by atoms with Gasteiger partial charge in [-0.1, -0.05) is 17.7 Å². The fourth-order valence-electron chi connectivity index (χ4n) is 2.19. The molecule has 3 heteroatoms. The maximum atomic E-state index is 5.98. The Morgan fingerprint density at radius 3 is 2.82 bits per heavy atom. The summed E-state index contributed by atoms with van der Waals surface area (Å²) in [5.41, 5.74) is 2.41. The van der Waals surface area contributed by atoms with Crippen LogP contribution < -0.4 is 5.32 Å². The highest BCUT2D eigenvalue weighted by atomic mass is 35.5. The van der Waals surface area contributed by atoms with Crippen LogP contribution in [-0.4, -0.2) is 13.7 Å². The van der Waals surface area contributed by atoms with Gasteiger partial charge in [-0.05, 0) is 56.1 Å². The van der Waals surface area contributed by atoms with Crippen molar-refractivity contribution < 1.29 is 4.74 Å². The molecule has 0 saturated heterocycles. The lowest BCUT2D eigenvalue weighted by atomic mass is 9.98. The molecule has 0 amide bonds. The van der Waals surface area contributed by atoms with Crippen molar-refractivity contribution in [1.29, 1.82) is 0 Å². The molecule has 92 valence electrons. The molecule has 0 spiro atoms. The maximum Gasteiger partial charge on any atom is 0.113 e. The molecule has 0 saturated carbocycles. The Labute approximate surface area is 108 Å². The molecule has 0 radical (unpaired) electrons. The van der Waals surface area contributed by atoms with Crippen LogP contribution in [0.1, 0.15) is 30.0 Å². The van der Waals surface area contributed by atoms with Gasteiger partial charge in [0.2, 0.25) is 0 Å². The molecule has 17 heavy (non-hydrogen) atoms. The first-order chi connectivity index (χ1) is 8.22. The third kappa shape index (κ3) is 2.82. The topological polar surface area (TPSA) is 21.3 Å². The number of halogens is 1. The van der Waals surface area contributed by atoms with Gasteiger partial charge in [-0.25, -0.2) is 0 Å². The van der Waals surface area contributed by atoms with Crippen LogP contribution in [0.4, 0.5) is 0 Å². The molecular weight excluding hydrogens is 234 g/mol. The minimum Gasteiger partial charge on any atom is -0.496 e. The molecule has 0 bridgehead atoms. The molecule has 0 aromatic heterocycles. The Morgan fingerprint density at radius 1 is 1.41 bits per heavy atom. The predicted octanol–water partition coefficient (Wildman–Crippen LogP) is 3.60. The van der Waals surface area contributed by atoms with E-state index in [4.69, 9.17) is 16.3 Å². The molecule has 2 nitrogen and oxygen atoms in total. The van der Waals surface area contributed by atoms with Crippen LogP contribution in [0.15, 0.2) is 30.0 Å². The largest absolute Gasteiger partial charge is 0.496 e. The SMILES string of the molecule is CNC(C1=CCCCO1)c1ccc(Cl)cc1C. The Balaban J connectivity index is 2.31. The molecule has 1 aliphatic rings. The molecule has 1 aromatic carbocycles. The van der Waals surface area contributed by atoms with Crippen molar-refractivity contribution in [2.75, 3.05) is 13.7 Å². The standard InChI is InChI=1S/C14H18ClNO/c1-10-9-11(15)6-7-12(10)14(16-2)13-5-3-4-8-17-13/h5-7,9,14,16H,3-4,8H2,1-2H3. The lowest BCUT2D eigenvalue weighted by Crippen LogP contribution is -2.22. The van der Waals surface area contributed by atoms with E-state index in [9.17, 15) is 0 Å². The number of ether oxygens (including phenoxy) is 1. The predicted molar refractivity (Wildman–Crippen MR) is 71.3 cm³/mol. The molecule has 2 rings (SSSR count). The van der Waals surface area contributed by atoms with Crippen LogP contribution in [-0.2, 0) is 4.74 Å². The van der Waals surface area contributed by atoms with Crippen molar-refractivity contribution >= 4 is 11.6 Å². The van der Waals surface area contributed by atoms with Gasteiger partial charge in [-0.3, -0.25) is 0 Å². The number of rotatable bonds is 3. The van der Waals surface area contributed by atoms with E-state index in [1.807, 2.05) is 19.2 Å². The number of benzene rings is 1. The minimum absolute atomic E-state index is 0.132. The number of nitrogens with one attached hydrogen (secondary N) is 1. The third-order valence-electron chi connectivity index (χ3n) is 3.08. The van der Waals surface area contributed by atoms with Crippen LogP contribution in [0.2, 0.25) is 5.02 Å². The molecule has 1 heterocycles. The van der Waals surface area contributed by atoms with Gasteiger partial charge in [-0.15, -0.1) is 0 Å². The van der Waals surface area contributed by atoms with Crippen molar-refractivity contribution in [3.8, 4) is 0 Å². The highest BCUT2D eigenvalue weighted by Crippen LogP contribution is 2.29. The minimum atomic E-state index is 0.132. The van der Waals surface area contributed by atoms with Gasteiger partial charge in [0.1, 0.15) is 5.76 Å². The first kappa shape index (κ1) is 12.5. The van der Waals surface area contributed by atoms with Crippen LogP contribution in [0.25, 0.3) is 0 Å². The summed E-state index contributed by atoms with van der Waals surface area (Å²) in [5.74, 6) is 1.03. The van der Waals surface area contributed by atoms with E-state index in [2.05, 4.69) is 24.4 Å². The Hall–Kier alpha value is -0.990. The summed E-state index contributed by atoms with van der Waals surface area (Å²) in [6.07, 6.45) is 4.39. The zero-order valence-corrected chi connectivity index (χ0v) is 11.1. The zero-order valence-electron chi connectivity index (χ0n) is 10.3. The molecule has 1 aromatic rings. The molecule has 1 unspecified atom stereocenters.